The van der Waals surface area contributed by atoms with E-state index in [1.165, 1.54) is 12.7 Å². The van der Waals surface area contributed by atoms with Gasteiger partial charge in [0.1, 0.15) is 7.11 Å². The Kier molecular flexibility index (Phi) is 3.14. The predicted molar refractivity (Wildman–Crippen MR) is 50.1 cm³/mol. The first-order valence-corrected chi connectivity index (χ1v) is 3.72. The summed E-state index contributed by atoms with van der Waals surface area (Å²) >= 11 is 0. The monoisotopic (exact) mass is 164 g/mol. The highest BCUT2D eigenvalue weighted by Gasteiger charge is 1.88. The van der Waals surface area contributed by atoms with Crippen molar-refractivity contribution in [2.75, 3.05) is 12.8 Å². The molecule has 64 valence electrons. The highest BCUT2D eigenvalue weighted by Crippen LogP contribution is 2.04. The van der Waals surface area contributed by atoms with Crippen LogP contribution >= 0.6 is 0 Å². The average Bonchev–Trinajstić information content (AvgIpc) is 2.09. The smallest absolute Gasteiger partial charge is 0.106 e. The normalized spacial score (nSPS) is 10.4. The minimum absolute atomic E-state index is 0.772. The molecule has 0 saturated heterocycles. The standard InChI is InChI=1S/C9H12N2O/c1-12-11-7-6-8-2-4-9(10)5-3-8/h2-5,7H,6,10H2,1H3. The first kappa shape index (κ1) is 8.59. The lowest BCUT2D eigenvalue weighted by atomic mass is 10.1. The average molecular weight is 164 g/mol. The first-order valence-electron chi connectivity index (χ1n) is 3.72. The zero-order valence-electron chi connectivity index (χ0n) is 7.03. The maximum Gasteiger partial charge on any atom is 0.106 e. The summed E-state index contributed by atoms with van der Waals surface area (Å²) in [4.78, 5) is 4.53. The van der Waals surface area contributed by atoms with Crippen LogP contribution in [-0.4, -0.2) is 13.3 Å². The highest BCUT2D eigenvalue weighted by molar-refractivity contribution is 5.61. The van der Waals surface area contributed by atoms with Gasteiger partial charge in [-0.15, -0.1) is 0 Å². The van der Waals surface area contributed by atoms with Gasteiger partial charge in [-0.2, -0.15) is 0 Å². The number of nitrogens with zero attached hydrogens (tertiary/aromatic N) is 1. The molecule has 1 aromatic rings. The minimum Gasteiger partial charge on any atom is -0.399 e. The number of nitrogens with two attached hydrogens (primary N) is 1. The Morgan fingerprint density at radius 2 is 2.08 bits per heavy atom. The lowest BCUT2D eigenvalue weighted by molar-refractivity contribution is 0.215. The van der Waals surface area contributed by atoms with Crippen LogP contribution in [0.4, 0.5) is 5.69 Å². The van der Waals surface area contributed by atoms with Gasteiger partial charge in [0.15, 0.2) is 0 Å². The molecule has 3 heteroatoms. The number of hydrogen-bond acceptors (Lipinski definition) is 3. The van der Waals surface area contributed by atoms with Gasteiger partial charge >= 0.3 is 0 Å². The largest absolute Gasteiger partial charge is 0.399 e. The molecule has 3 nitrogen and oxygen atoms in total. The Morgan fingerprint density at radius 3 is 2.67 bits per heavy atom. The third-order valence-corrected chi connectivity index (χ3v) is 1.49. The molecule has 0 unspecified atom stereocenters. The molecule has 0 amide bonds. The Hall–Kier alpha value is -1.51. The molecule has 1 aromatic carbocycles. The summed E-state index contributed by atoms with van der Waals surface area (Å²) in [5.74, 6) is 0. The Bertz CT molecular complexity index is 254. The van der Waals surface area contributed by atoms with Gasteiger partial charge in [0.05, 0.1) is 0 Å². The Balaban J connectivity index is 2.53. The van der Waals surface area contributed by atoms with Gasteiger partial charge in [-0.1, -0.05) is 17.3 Å². The van der Waals surface area contributed by atoms with Crippen LogP contribution in [-0.2, 0) is 11.3 Å². The molecule has 0 aliphatic rings. The maximum atomic E-state index is 5.52. The number of anilines is 1. The van der Waals surface area contributed by atoms with Gasteiger partial charge < -0.3 is 10.6 Å². The molecule has 12 heavy (non-hydrogen) atoms. The number of benzene rings is 1. The molecule has 0 aliphatic heterocycles. The van der Waals surface area contributed by atoms with Gasteiger partial charge in [-0.3, -0.25) is 0 Å². The zero-order valence-corrected chi connectivity index (χ0v) is 7.03. The fourth-order valence-electron chi connectivity index (χ4n) is 0.871. The molecule has 0 spiro atoms. The van der Waals surface area contributed by atoms with Crippen LogP contribution in [0.3, 0.4) is 0 Å². The van der Waals surface area contributed by atoms with Crippen molar-refractivity contribution < 1.29 is 4.84 Å². The van der Waals surface area contributed by atoms with Gasteiger partial charge in [0.2, 0.25) is 0 Å². The predicted octanol–water partition coefficient (Wildman–Crippen LogP) is 1.44. The topological polar surface area (TPSA) is 47.6 Å². The molecule has 1 rings (SSSR count). The van der Waals surface area contributed by atoms with E-state index >= 15 is 0 Å². The summed E-state index contributed by atoms with van der Waals surface area (Å²) in [5, 5.41) is 3.63. The Labute approximate surface area is 71.8 Å². The first-order chi connectivity index (χ1) is 5.83. The van der Waals surface area contributed by atoms with E-state index in [1.807, 2.05) is 24.3 Å². The van der Waals surface area contributed by atoms with Crippen LogP contribution in [0, 0.1) is 0 Å². The molecule has 0 aromatic heterocycles. The van der Waals surface area contributed by atoms with E-state index in [-0.39, 0.29) is 0 Å². The van der Waals surface area contributed by atoms with Gasteiger partial charge in [0, 0.05) is 18.3 Å². The van der Waals surface area contributed by atoms with E-state index in [4.69, 9.17) is 5.73 Å². The zero-order chi connectivity index (χ0) is 8.81. The molecular formula is C9H12N2O. The van der Waals surface area contributed by atoms with Gasteiger partial charge in [-0.05, 0) is 17.7 Å². The third kappa shape index (κ3) is 2.62. The number of hydrogen-bond donors (Lipinski definition) is 1. The van der Waals surface area contributed by atoms with Crippen LogP contribution in [0.15, 0.2) is 29.4 Å². The molecule has 0 saturated carbocycles. The van der Waals surface area contributed by atoms with Crippen molar-refractivity contribution in [2.45, 2.75) is 6.42 Å². The lowest BCUT2D eigenvalue weighted by Crippen LogP contribution is -1.88. The molecule has 0 heterocycles. The molecule has 0 aliphatic carbocycles. The second-order valence-corrected chi connectivity index (χ2v) is 2.42. The highest BCUT2D eigenvalue weighted by atomic mass is 16.6. The molecule has 2 N–H and O–H groups in total. The fraction of sp³-hybridized carbons (Fsp3) is 0.222. The third-order valence-electron chi connectivity index (χ3n) is 1.49. The van der Waals surface area contributed by atoms with Crippen molar-refractivity contribution in [3.05, 3.63) is 29.8 Å². The van der Waals surface area contributed by atoms with Crippen molar-refractivity contribution in [3.8, 4) is 0 Å². The summed E-state index contributed by atoms with van der Waals surface area (Å²) in [6.07, 6.45) is 2.49. The quantitative estimate of drug-likeness (QED) is 0.417. The minimum atomic E-state index is 0.772. The van der Waals surface area contributed by atoms with Crippen LogP contribution < -0.4 is 5.73 Å². The molecule has 0 radical (unpaired) electrons. The molecule has 0 fully saturated rings. The number of oxime groups is 1. The summed E-state index contributed by atoms with van der Waals surface area (Å²) < 4.78 is 0. The van der Waals surface area contributed by atoms with E-state index in [2.05, 4.69) is 9.99 Å². The Morgan fingerprint density at radius 1 is 1.42 bits per heavy atom. The van der Waals surface area contributed by atoms with Gasteiger partial charge in [0.25, 0.3) is 0 Å². The van der Waals surface area contributed by atoms with E-state index in [0.717, 1.165) is 12.1 Å². The second kappa shape index (κ2) is 4.38. The van der Waals surface area contributed by atoms with Crippen molar-refractivity contribution in [2.24, 2.45) is 5.16 Å². The summed E-state index contributed by atoms with van der Waals surface area (Å²) in [6, 6.07) is 7.68. The van der Waals surface area contributed by atoms with Crippen molar-refractivity contribution in [1.82, 2.24) is 0 Å². The van der Waals surface area contributed by atoms with Crippen LogP contribution in [0.25, 0.3) is 0 Å². The van der Waals surface area contributed by atoms with Crippen molar-refractivity contribution in [1.29, 1.82) is 0 Å². The number of nitrogen functional groups attached to an aromatic ring is 1. The van der Waals surface area contributed by atoms with E-state index in [0.29, 0.717) is 0 Å². The summed E-state index contributed by atoms with van der Waals surface area (Å²) in [6.45, 7) is 0. The van der Waals surface area contributed by atoms with Crippen LogP contribution in [0.5, 0.6) is 0 Å². The number of rotatable bonds is 3. The van der Waals surface area contributed by atoms with E-state index in [9.17, 15) is 0 Å². The molecular weight excluding hydrogens is 152 g/mol. The summed E-state index contributed by atoms with van der Waals surface area (Å²) in [7, 11) is 1.53. The fourth-order valence-corrected chi connectivity index (χ4v) is 0.871. The van der Waals surface area contributed by atoms with Crippen molar-refractivity contribution in [3.63, 3.8) is 0 Å². The maximum absolute atomic E-state index is 5.52. The second-order valence-electron chi connectivity index (χ2n) is 2.42. The molecule has 0 bridgehead atoms. The van der Waals surface area contributed by atoms with Crippen LogP contribution in [0.2, 0.25) is 0 Å². The van der Waals surface area contributed by atoms with E-state index in [1.54, 1.807) is 6.21 Å². The lowest BCUT2D eigenvalue weighted by Gasteiger charge is -1.95. The van der Waals surface area contributed by atoms with Crippen LogP contribution in [0.1, 0.15) is 5.56 Å². The van der Waals surface area contributed by atoms with Crippen molar-refractivity contribution >= 4 is 11.9 Å². The van der Waals surface area contributed by atoms with E-state index < -0.39 is 0 Å². The summed E-state index contributed by atoms with van der Waals surface area (Å²) in [5.41, 5.74) is 7.47. The molecule has 0 atom stereocenters. The SMILES string of the molecule is CON=CCc1ccc(N)cc1. The van der Waals surface area contributed by atoms with Gasteiger partial charge in [-0.25, -0.2) is 0 Å².